The zero-order valence-corrected chi connectivity index (χ0v) is 12.9. The standard InChI is InChI=1S/C16H16Cl2N2/c1-10-5-11(2)7-12(6-10)9-20-16(19)13-3-4-14(17)15(18)8-13/h3-8H,9H2,1-2H3,(H2,19,20). The smallest absolute Gasteiger partial charge is 0.125 e. The molecule has 0 spiro atoms. The van der Waals surface area contributed by atoms with Gasteiger partial charge in [0.1, 0.15) is 5.84 Å². The van der Waals surface area contributed by atoms with Crippen molar-refractivity contribution in [3.63, 3.8) is 0 Å². The normalized spacial score (nSPS) is 10.4. The molecule has 2 N–H and O–H groups in total. The summed E-state index contributed by atoms with van der Waals surface area (Å²) in [5, 5.41) is 12.1. The second kappa shape index (κ2) is 6.29. The van der Waals surface area contributed by atoms with Gasteiger partial charge in [0, 0.05) is 12.1 Å². The highest BCUT2D eigenvalue weighted by molar-refractivity contribution is 6.42. The predicted molar refractivity (Wildman–Crippen MR) is 86.0 cm³/mol. The van der Waals surface area contributed by atoms with Crippen LogP contribution in [-0.2, 0) is 6.54 Å². The van der Waals surface area contributed by atoms with Gasteiger partial charge in [0.25, 0.3) is 0 Å². The molecule has 0 aliphatic carbocycles. The van der Waals surface area contributed by atoms with Crippen LogP contribution in [0, 0.1) is 19.3 Å². The summed E-state index contributed by atoms with van der Waals surface area (Å²) in [7, 11) is 0. The number of aryl methyl sites for hydroxylation is 2. The Bertz CT molecular complexity index is 631. The molecule has 20 heavy (non-hydrogen) atoms. The maximum atomic E-state index is 8.04. The van der Waals surface area contributed by atoms with Gasteiger partial charge in [-0.05, 0) is 37.6 Å². The Hall–Kier alpha value is -1.51. The van der Waals surface area contributed by atoms with E-state index in [4.69, 9.17) is 28.6 Å². The Morgan fingerprint density at radius 1 is 1.00 bits per heavy atom. The largest absolute Gasteiger partial charge is 0.366 e. The second-order valence-corrected chi connectivity index (χ2v) is 5.67. The Morgan fingerprint density at radius 2 is 1.65 bits per heavy atom. The first-order valence-corrected chi connectivity index (χ1v) is 7.06. The van der Waals surface area contributed by atoms with E-state index >= 15 is 0 Å². The SMILES string of the molecule is Cc1cc(C)cc(CNC(=N)c2ccc(Cl)c(Cl)c2)c1. The van der Waals surface area contributed by atoms with Gasteiger partial charge in [0.15, 0.2) is 0 Å². The summed E-state index contributed by atoms with van der Waals surface area (Å²) in [5.74, 6) is 0.336. The molecule has 0 aliphatic rings. The van der Waals surface area contributed by atoms with Gasteiger partial charge in [-0.3, -0.25) is 5.41 Å². The lowest BCUT2D eigenvalue weighted by Crippen LogP contribution is -2.22. The number of halogens is 2. The highest BCUT2D eigenvalue weighted by Crippen LogP contribution is 2.22. The fourth-order valence-electron chi connectivity index (χ4n) is 2.12. The van der Waals surface area contributed by atoms with Gasteiger partial charge in [-0.1, -0.05) is 52.5 Å². The van der Waals surface area contributed by atoms with Crippen molar-refractivity contribution in [3.05, 3.63) is 68.7 Å². The highest BCUT2D eigenvalue weighted by Gasteiger charge is 2.05. The summed E-state index contributed by atoms with van der Waals surface area (Å²) < 4.78 is 0. The first-order chi connectivity index (χ1) is 9.45. The van der Waals surface area contributed by atoms with Crippen molar-refractivity contribution >= 4 is 29.0 Å². The molecule has 104 valence electrons. The molecule has 2 nitrogen and oxygen atoms in total. The van der Waals surface area contributed by atoms with Crippen LogP contribution in [0.1, 0.15) is 22.3 Å². The van der Waals surface area contributed by atoms with Gasteiger partial charge in [-0.15, -0.1) is 0 Å². The average Bonchev–Trinajstić information content (AvgIpc) is 2.38. The van der Waals surface area contributed by atoms with Crippen molar-refractivity contribution < 1.29 is 0 Å². The van der Waals surface area contributed by atoms with E-state index in [1.54, 1.807) is 18.2 Å². The third kappa shape index (κ3) is 3.75. The van der Waals surface area contributed by atoms with Crippen LogP contribution in [0.15, 0.2) is 36.4 Å². The van der Waals surface area contributed by atoms with E-state index in [9.17, 15) is 0 Å². The van der Waals surface area contributed by atoms with Crippen molar-refractivity contribution in [1.29, 1.82) is 5.41 Å². The topological polar surface area (TPSA) is 35.9 Å². The molecule has 0 fully saturated rings. The first kappa shape index (κ1) is 14.9. The lowest BCUT2D eigenvalue weighted by Gasteiger charge is -2.10. The zero-order valence-electron chi connectivity index (χ0n) is 11.4. The van der Waals surface area contributed by atoms with E-state index in [1.165, 1.54) is 11.1 Å². The molecule has 0 atom stereocenters. The molecule has 2 aromatic carbocycles. The van der Waals surface area contributed by atoms with Crippen molar-refractivity contribution in [2.45, 2.75) is 20.4 Å². The molecular weight excluding hydrogens is 291 g/mol. The molecular formula is C16H16Cl2N2. The minimum absolute atomic E-state index is 0.336. The van der Waals surface area contributed by atoms with Crippen molar-refractivity contribution in [3.8, 4) is 0 Å². The molecule has 0 aliphatic heterocycles. The van der Waals surface area contributed by atoms with E-state index in [1.807, 2.05) is 0 Å². The van der Waals surface area contributed by atoms with Gasteiger partial charge >= 0.3 is 0 Å². The van der Waals surface area contributed by atoms with Crippen molar-refractivity contribution in [1.82, 2.24) is 5.32 Å². The van der Waals surface area contributed by atoms with E-state index in [2.05, 4.69) is 37.4 Å². The van der Waals surface area contributed by atoms with Crippen molar-refractivity contribution in [2.75, 3.05) is 0 Å². The predicted octanol–water partition coefficient (Wildman–Crippen LogP) is 4.73. The Labute approximate surface area is 129 Å². The van der Waals surface area contributed by atoms with Crippen LogP contribution in [0.3, 0.4) is 0 Å². The van der Waals surface area contributed by atoms with Gasteiger partial charge in [0.05, 0.1) is 10.0 Å². The second-order valence-electron chi connectivity index (χ2n) is 4.85. The molecule has 0 saturated carbocycles. The number of nitrogens with one attached hydrogen (secondary N) is 2. The summed E-state index contributed by atoms with van der Waals surface area (Å²) >= 11 is 11.8. The third-order valence-corrected chi connectivity index (χ3v) is 3.70. The summed E-state index contributed by atoms with van der Waals surface area (Å²) in [6.07, 6.45) is 0. The van der Waals surface area contributed by atoms with Crippen LogP contribution in [0.2, 0.25) is 10.0 Å². The Kier molecular flexibility index (Phi) is 4.69. The molecule has 0 radical (unpaired) electrons. The first-order valence-electron chi connectivity index (χ1n) is 6.31. The van der Waals surface area contributed by atoms with Crippen LogP contribution in [0.5, 0.6) is 0 Å². The number of rotatable bonds is 3. The Morgan fingerprint density at radius 3 is 2.25 bits per heavy atom. The highest BCUT2D eigenvalue weighted by atomic mass is 35.5. The third-order valence-electron chi connectivity index (χ3n) is 2.96. The fraction of sp³-hybridized carbons (Fsp3) is 0.188. The van der Waals surface area contributed by atoms with Crippen LogP contribution >= 0.6 is 23.2 Å². The van der Waals surface area contributed by atoms with Gasteiger partial charge in [0.2, 0.25) is 0 Å². The summed E-state index contributed by atoms with van der Waals surface area (Å²) in [5.41, 5.74) is 4.34. The average molecular weight is 307 g/mol. The number of hydrogen-bond acceptors (Lipinski definition) is 1. The quantitative estimate of drug-likeness (QED) is 0.624. The van der Waals surface area contributed by atoms with E-state index < -0.39 is 0 Å². The monoisotopic (exact) mass is 306 g/mol. The van der Waals surface area contributed by atoms with E-state index in [0.717, 1.165) is 11.1 Å². The minimum Gasteiger partial charge on any atom is -0.366 e. The van der Waals surface area contributed by atoms with Crippen LogP contribution in [0.4, 0.5) is 0 Å². The summed E-state index contributed by atoms with van der Waals surface area (Å²) in [6, 6.07) is 11.5. The fourth-order valence-corrected chi connectivity index (χ4v) is 2.41. The van der Waals surface area contributed by atoms with Gasteiger partial charge in [-0.2, -0.15) is 0 Å². The number of benzene rings is 2. The lowest BCUT2D eigenvalue weighted by atomic mass is 10.1. The molecule has 0 aromatic heterocycles. The zero-order chi connectivity index (χ0) is 14.7. The molecule has 2 rings (SSSR count). The summed E-state index contributed by atoms with van der Waals surface area (Å²) in [6.45, 7) is 4.75. The van der Waals surface area contributed by atoms with Crippen LogP contribution in [-0.4, -0.2) is 5.84 Å². The molecule has 0 amide bonds. The van der Waals surface area contributed by atoms with Crippen LogP contribution < -0.4 is 5.32 Å². The van der Waals surface area contributed by atoms with Crippen LogP contribution in [0.25, 0.3) is 0 Å². The number of amidine groups is 1. The number of hydrogen-bond donors (Lipinski definition) is 2. The van der Waals surface area contributed by atoms with Gasteiger partial charge in [-0.25, -0.2) is 0 Å². The molecule has 0 heterocycles. The van der Waals surface area contributed by atoms with Gasteiger partial charge < -0.3 is 5.32 Å². The van der Waals surface area contributed by atoms with Crippen molar-refractivity contribution in [2.24, 2.45) is 0 Å². The van der Waals surface area contributed by atoms with E-state index in [-0.39, 0.29) is 0 Å². The minimum atomic E-state index is 0.336. The molecule has 0 bridgehead atoms. The molecule has 0 saturated heterocycles. The maximum absolute atomic E-state index is 8.04. The van der Waals surface area contributed by atoms with E-state index in [0.29, 0.717) is 22.4 Å². The molecule has 4 heteroatoms. The maximum Gasteiger partial charge on any atom is 0.125 e. The molecule has 2 aromatic rings. The Balaban J connectivity index is 2.06. The summed E-state index contributed by atoms with van der Waals surface area (Å²) in [4.78, 5) is 0. The molecule has 0 unspecified atom stereocenters. The lowest BCUT2D eigenvalue weighted by molar-refractivity contribution is 0.904.